The molecule has 1 amide bonds. The average molecular weight is 364 g/mol. The predicted molar refractivity (Wildman–Crippen MR) is 98.9 cm³/mol. The summed E-state index contributed by atoms with van der Waals surface area (Å²) in [6.45, 7) is 2.11. The summed E-state index contributed by atoms with van der Waals surface area (Å²) in [7, 11) is 1.78. The smallest absolute Gasteiger partial charge is 0.257 e. The van der Waals surface area contributed by atoms with E-state index in [1.165, 1.54) is 6.07 Å². The molecule has 0 saturated carbocycles. The number of hydrogen-bond acceptors (Lipinski definition) is 4. The summed E-state index contributed by atoms with van der Waals surface area (Å²) in [5.41, 5.74) is 2.38. The maximum absolute atomic E-state index is 13.8. The minimum atomic E-state index is -0.297. The van der Waals surface area contributed by atoms with Crippen LogP contribution in [0.2, 0.25) is 0 Å². The molecule has 7 nitrogen and oxygen atoms in total. The van der Waals surface area contributed by atoms with Crippen molar-refractivity contribution in [2.45, 2.75) is 13.5 Å². The lowest BCUT2D eigenvalue weighted by Gasteiger charge is -2.06. The number of amides is 1. The van der Waals surface area contributed by atoms with Crippen molar-refractivity contribution in [3.63, 3.8) is 0 Å². The van der Waals surface area contributed by atoms with Crippen molar-refractivity contribution in [2.24, 2.45) is 7.05 Å². The number of carbonyl (C=O) groups excluding carboxylic acids is 1. The molecular weight excluding hydrogens is 347 g/mol. The summed E-state index contributed by atoms with van der Waals surface area (Å²) in [4.78, 5) is 17.1. The number of aromatic nitrogens is 5. The van der Waals surface area contributed by atoms with Crippen LogP contribution in [0, 0.1) is 12.7 Å². The van der Waals surface area contributed by atoms with Gasteiger partial charge in [0.15, 0.2) is 11.5 Å². The van der Waals surface area contributed by atoms with Crippen molar-refractivity contribution in [3.05, 3.63) is 71.4 Å². The van der Waals surface area contributed by atoms with E-state index in [0.717, 1.165) is 5.69 Å². The lowest BCUT2D eigenvalue weighted by atomic mass is 10.1. The Balaban J connectivity index is 1.56. The summed E-state index contributed by atoms with van der Waals surface area (Å²) < 4.78 is 17.0. The minimum absolute atomic E-state index is 0.282. The monoisotopic (exact) mass is 364 g/mol. The Labute approximate surface area is 154 Å². The number of benzene rings is 1. The molecule has 1 N–H and O–H groups in total. The van der Waals surface area contributed by atoms with E-state index in [1.54, 1.807) is 59.1 Å². The number of pyridine rings is 1. The van der Waals surface area contributed by atoms with Gasteiger partial charge in [-0.3, -0.25) is 14.2 Å². The highest BCUT2D eigenvalue weighted by Crippen LogP contribution is 2.19. The van der Waals surface area contributed by atoms with E-state index in [9.17, 15) is 9.18 Å². The van der Waals surface area contributed by atoms with Crippen LogP contribution in [0.1, 0.15) is 21.6 Å². The molecule has 0 fully saturated rings. The molecule has 0 spiro atoms. The largest absolute Gasteiger partial charge is 0.305 e. The van der Waals surface area contributed by atoms with Crippen LogP contribution in [0.25, 0.3) is 11.0 Å². The van der Waals surface area contributed by atoms with Crippen molar-refractivity contribution in [1.82, 2.24) is 24.5 Å². The lowest BCUT2D eigenvalue weighted by molar-refractivity contribution is 0.102. The first-order valence-electron chi connectivity index (χ1n) is 8.39. The number of nitrogens with one attached hydrogen (secondary N) is 1. The Morgan fingerprint density at radius 3 is 2.89 bits per heavy atom. The molecule has 136 valence electrons. The van der Waals surface area contributed by atoms with E-state index in [1.807, 2.05) is 6.92 Å². The molecule has 0 aliphatic heterocycles. The Bertz CT molecular complexity index is 1150. The second-order valence-electron chi connectivity index (χ2n) is 6.26. The Morgan fingerprint density at radius 1 is 1.26 bits per heavy atom. The highest BCUT2D eigenvalue weighted by Gasteiger charge is 2.16. The third kappa shape index (κ3) is 3.29. The summed E-state index contributed by atoms with van der Waals surface area (Å²) in [6, 6.07) is 9.92. The van der Waals surface area contributed by atoms with Crippen LogP contribution in [0.15, 0.2) is 48.8 Å². The Hall–Kier alpha value is -3.55. The van der Waals surface area contributed by atoms with E-state index in [0.29, 0.717) is 28.0 Å². The first kappa shape index (κ1) is 16.9. The summed E-state index contributed by atoms with van der Waals surface area (Å²) >= 11 is 0. The SMILES string of the molecule is Cc1cc(C(=O)Nc2ccn(Cc3ccccc3F)n2)c2cnn(C)c2n1. The highest BCUT2D eigenvalue weighted by molar-refractivity contribution is 6.11. The van der Waals surface area contributed by atoms with Crippen molar-refractivity contribution in [1.29, 1.82) is 0 Å². The molecule has 3 aromatic heterocycles. The van der Waals surface area contributed by atoms with Crippen LogP contribution < -0.4 is 5.32 Å². The van der Waals surface area contributed by atoms with Gasteiger partial charge in [0.2, 0.25) is 0 Å². The third-order valence-electron chi connectivity index (χ3n) is 4.25. The molecule has 1 aromatic carbocycles. The zero-order chi connectivity index (χ0) is 19.0. The van der Waals surface area contributed by atoms with E-state index < -0.39 is 0 Å². The molecule has 0 aliphatic carbocycles. The van der Waals surface area contributed by atoms with Crippen LogP contribution in [0.3, 0.4) is 0 Å². The summed E-state index contributed by atoms with van der Waals surface area (Å²) in [6.07, 6.45) is 3.31. The maximum atomic E-state index is 13.8. The highest BCUT2D eigenvalue weighted by atomic mass is 19.1. The molecule has 4 aromatic rings. The third-order valence-corrected chi connectivity index (χ3v) is 4.25. The van der Waals surface area contributed by atoms with Gasteiger partial charge in [0, 0.05) is 30.6 Å². The fourth-order valence-corrected chi connectivity index (χ4v) is 2.93. The van der Waals surface area contributed by atoms with Crippen LogP contribution in [-0.4, -0.2) is 30.5 Å². The van der Waals surface area contributed by atoms with Crippen molar-refractivity contribution in [3.8, 4) is 0 Å². The lowest BCUT2D eigenvalue weighted by Crippen LogP contribution is -2.14. The molecule has 0 saturated heterocycles. The van der Waals surface area contributed by atoms with Crippen LogP contribution >= 0.6 is 0 Å². The second kappa shape index (κ2) is 6.64. The van der Waals surface area contributed by atoms with Gasteiger partial charge in [-0.1, -0.05) is 18.2 Å². The normalized spacial score (nSPS) is 11.1. The van der Waals surface area contributed by atoms with Crippen LogP contribution in [0.4, 0.5) is 10.2 Å². The van der Waals surface area contributed by atoms with Gasteiger partial charge >= 0.3 is 0 Å². The van der Waals surface area contributed by atoms with E-state index in [2.05, 4.69) is 20.5 Å². The molecule has 0 atom stereocenters. The van der Waals surface area contributed by atoms with E-state index in [-0.39, 0.29) is 18.3 Å². The van der Waals surface area contributed by atoms with Gasteiger partial charge in [0.05, 0.1) is 23.7 Å². The van der Waals surface area contributed by atoms with Gasteiger partial charge in [-0.2, -0.15) is 10.2 Å². The molecule has 0 unspecified atom stereocenters. The van der Waals surface area contributed by atoms with E-state index in [4.69, 9.17) is 0 Å². The fourth-order valence-electron chi connectivity index (χ4n) is 2.93. The molecule has 0 radical (unpaired) electrons. The van der Waals surface area contributed by atoms with Crippen molar-refractivity contribution < 1.29 is 9.18 Å². The molecule has 0 bridgehead atoms. The van der Waals surface area contributed by atoms with Gasteiger partial charge < -0.3 is 5.32 Å². The number of rotatable bonds is 4. The first-order valence-corrected chi connectivity index (χ1v) is 8.39. The minimum Gasteiger partial charge on any atom is -0.305 e. The van der Waals surface area contributed by atoms with E-state index >= 15 is 0 Å². The molecule has 3 heterocycles. The van der Waals surface area contributed by atoms with Crippen molar-refractivity contribution >= 4 is 22.8 Å². The molecule has 0 aliphatic rings. The second-order valence-corrected chi connectivity index (χ2v) is 6.26. The Kier molecular flexibility index (Phi) is 4.15. The maximum Gasteiger partial charge on any atom is 0.257 e. The quantitative estimate of drug-likeness (QED) is 0.604. The number of carbonyl (C=O) groups is 1. The van der Waals surface area contributed by atoms with Crippen LogP contribution in [-0.2, 0) is 13.6 Å². The van der Waals surface area contributed by atoms with Crippen molar-refractivity contribution in [2.75, 3.05) is 5.32 Å². The zero-order valence-electron chi connectivity index (χ0n) is 14.8. The number of fused-ring (bicyclic) bond motifs is 1. The number of hydrogen-bond donors (Lipinski definition) is 1. The first-order chi connectivity index (χ1) is 13.0. The van der Waals surface area contributed by atoms with Gasteiger partial charge in [0.1, 0.15) is 5.82 Å². The predicted octanol–water partition coefficient (Wildman–Crippen LogP) is 2.91. The number of anilines is 1. The molecular formula is C19H17FN6O. The standard InChI is InChI=1S/C19H17FN6O/c1-12-9-14(15-10-21-25(2)18(15)22-12)19(27)23-17-7-8-26(24-17)11-13-5-3-4-6-16(13)20/h3-10H,11H2,1-2H3,(H,23,24,27). The summed E-state index contributed by atoms with van der Waals surface area (Å²) in [5.74, 6) is -0.192. The van der Waals surface area contributed by atoms with Gasteiger partial charge in [-0.05, 0) is 19.1 Å². The number of nitrogens with zero attached hydrogens (tertiary/aromatic N) is 5. The zero-order valence-corrected chi connectivity index (χ0v) is 14.8. The van der Waals surface area contributed by atoms with Gasteiger partial charge in [0.25, 0.3) is 5.91 Å². The average Bonchev–Trinajstić information content (AvgIpc) is 3.23. The molecule has 4 rings (SSSR count). The molecule has 8 heteroatoms. The number of aryl methyl sites for hydroxylation is 2. The van der Waals surface area contributed by atoms with Gasteiger partial charge in [-0.25, -0.2) is 9.37 Å². The number of halogens is 1. The van der Waals surface area contributed by atoms with Crippen LogP contribution in [0.5, 0.6) is 0 Å². The fraction of sp³-hybridized carbons (Fsp3) is 0.158. The Morgan fingerprint density at radius 2 is 2.07 bits per heavy atom. The van der Waals surface area contributed by atoms with Gasteiger partial charge in [-0.15, -0.1) is 0 Å². The molecule has 27 heavy (non-hydrogen) atoms. The summed E-state index contributed by atoms with van der Waals surface area (Å²) in [5, 5.41) is 11.9. The topological polar surface area (TPSA) is 77.6 Å².